The Hall–Kier alpha value is -2.94. The van der Waals surface area contributed by atoms with Gasteiger partial charge in [-0.25, -0.2) is 4.98 Å². The van der Waals surface area contributed by atoms with Crippen LogP contribution in [0.5, 0.6) is 0 Å². The second-order valence-corrected chi connectivity index (χ2v) is 9.12. The summed E-state index contributed by atoms with van der Waals surface area (Å²) in [5, 5.41) is 6.70. The lowest BCUT2D eigenvalue weighted by Gasteiger charge is -2.36. The number of hydrogen-bond donors (Lipinski definition) is 2. The van der Waals surface area contributed by atoms with E-state index < -0.39 is 0 Å². The average Bonchev–Trinajstić information content (AvgIpc) is 3.30. The number of aromatic amines is 1. The second-order valence-electron chi connectivity index (χ2n) is 7.85. The van der Waals surface area contributed by atoms with Gasteiger partial charge in [-0.3, -0.25) is 14.5 Å². The molecule has 1 amide bonds. The molecule has 0 unspecified atom stereocenters. The SMILES string of the molecule is CNC(=O)c1ccc(N2CCN(Cc3ccc4c(c3)[nH]c(=O)c3ccsc34)CC2)c(Cl)n1. The first-order chi connectivity index (χ1) is 15.5. The van der Waals surface area contributed by atoms with Crippen molar-refractivity contribution in [2.24, 2.45) is 0 Å². The molecule has 1 aliphatic heterocycles. The summed E-state index contributed by atoms with van der Waals surface area (Å²) in [6, 6.07) is 11.8. The first-order valence-electron chi connectivity index (χ1n) is 10.4. The maximum Gasteiger partial charge on any atom is 0.269 e. The number of nitrogens with zero attached hydrogens (tertiary/aromatic N) is 3. The van der Waals surface area contributed by atoms with Gasteiger partial charge in [0.2, 0.25) is 0 Å². The maximum absolute atomic E-state index is 12.3. The first kappa shape index (κ1) is 20.9. The predicted octanol–water partition coefficient (Wildman–Crippen LogP) is 3.47. The van der Waals surface area contributed by atoms with Crippen molar-refractivity contribution in [1.82, 2.24) is 20.2 Å². The Bertz CT molecular complexity index is 1370. The minimum atomic E-state index is -0.250. The Kier molecular flexibility index (Phi) is 5.58. The third-order valence-corrected chi connectivity index (χ3v) is 7.12. The Morgan fingerprint density at radius 1 is 1.16 bits per heavy atom. The van der Waals surface area contributed by atoms with E-state index in [0.29, 0.717) is 10.8 Å². The molecule has 0 atom stereocenters. The number of carbonyl (C=O) groups is 1. The Balaban J connectivity index is 1.28. The molecule has 4 aromatic rings. The van der Waals surface area contributed by atoms with E-state index in [0.717, 1.165) is 59.4 Å². The molecule has 0 spiro atoms. The monoisotopic (exact) mass is 467 g/mol. The summed E-state index contributed by atoms with van der Waals surface area (Å²) in [4.78, 5) is 35.9. The van der Waals surface area contributed by atoms with Crippen LogP contribution in [0.25, 0.3) is 21.0 Å². The fraction of sp³-hybridized carbons (Fsp3) is 0.261. The second kappa shape index (κ2) is 8.54. The van der Waals surface area contributed by atoms with Gasteiger partial charge >= 0.3 is 0 Å². The fourth-order valence-electron chi connectivity index (χ4n) is 4.20. The lowest BCUT2D eigenvalue weighted by atomic mass is 10.1. The highest BCUT2D eigenvalue weighted by molar-refractivity contribution is 7.18. The van der Waals surface area contributed by atoms with Crippen LogP contribution >= 0.6 is 22.9 Å². The van der Waals surface area contributed by atoms with Gasteiger partial charge in [-0.2, -0.15) is 0 Å². The van der Waals surface area contributed by atoms with E-state index in [9.17, 15) is 9.59 Å². The number of pyridine rings is 2. The summed E-state index contributed by atoms with van der Waals surface area (Å²) < 4.78 is 1.04. The molecule has 0 radical (unpaired) electrons. The van der Waals surface area contributed by atoms with Gasteiger partial charge in [-0.05, 0) is 35.2 Å². The zero-order valence-corrected chi connectivity index (χ0v) is 19.1. The third-order valence-electron chi connectivity index (χ3n) is 5.89. The zero-order valence-electron chi connectivity index (χ0n) is 17.5. The predicted molar refractivity (Wildman–Crippen MR) is 130 cm³/mol. The number of thiophene rings is 1. The van der Waals surface area contributed by atoms with E-state index in [4.69, 9.17) is 11.6 Å². The van der Waals surface area contributed by atoms with Crippen LogP contribution in [0.2, 0.25) is 5.15 Å². The molecule has 7 nitrogen and oxygen atoms in total. The topological polar surface area (TPSA) is 81.3 Å². The lowest BCUT2D eigenvalue weighted by molar-refractivity contribution is 0.0958. The summed E-state index contributed by atoms with van der Waals surface area (Å²) in [7, 11) is 1.57. The Morgan fingerprint density at radius 2 is 1.97 bits per heavy atom. The van der Waals surface area contributed by atoms with E-state index in [1.54, 1.807) is 24.5 Å². The van der Waals surface area contributed by atoms with E-state index >= 15 is 0 Å². The number of H-pyrrole nitrogens is 1. The number of hydrogen-bond acceptors (Lipinski definition) is 6. The Labute approximate surface area is 193 Å². The number of rotatable bonds is 4. The molecular formula is C23H22ClN5O2S. The molecule has 32 heavy (non-hydrogen) atoms. The van der Waals surface area contributed by atoms with Gasteiger partial charge in [0, 0.05) is 49.9 Å². The minimum absolute atomic E-state index is 0.0348. The number of benzene rings is 1. The van der Waals surface area contributed by atoms with Crippen LogP contribution in [0, 0.1) is 0 Å². The van der Waals surface area contributed by atoms with Crippen molar-refractivity contribution in [3.8, 4) is 0 Å². The normalized spacial score (nSPS) is 14.9. The highest BCUT2D eigenvalue weighted by atomic mass is 35.5. The largest absolute Gasteiger partial charge is 0.366 e. The van der Waals surface area contributed by atoms with Crippen molar-refractivity contribution in [1.29, 1.82) is 0 Å². The van der Waals surface area contributed by atoms with Crippen molar-refractivity contribution in [2.75, 3.05) is 38.1 Å². The number of carbonyl (C=O) groups excluding carboxylic acids is 1. The maximum atomic E-state index is 12.3. The van der Waals surface area contributed by atoms with Crippen molar-refractivity contribution in [3.05, 3.63) is 68.5 Å². The zero-order chi connectivity index (χ0) is 22.2. The van der Waals surface area contributed by atoms with Crippen molar-refractivity contribution in [3.63, 3.8) is 0 Å². The van der Waals surface area contributed by atoms with Crippen LogP contribution in [0.4, 0.5) is 5.69 Å². The molecule has 0 aliphatic carbocycles. The Morgan fingerprint density at radius 3 is 2.72 bits per heavy atom. The van der Waals surface area contributed by atoms with Crippen LogP contribution in [0.15, 0.2) is 46.6 Å². The molecule has 5 rings (SSSR count). The molecule has 4 heterocycles. The summed E-state index contributed by atoms with van der Waals surface area (Å²) >= 11 is 7.96. The average molecular weight is 468 g/mol. The fourth-order valence-corrected chi connectivity index (χ4v) is 5.41. The number of nitrogens with one attached hydrogen (secondary N) is 2. The van der Waals surface area contributed by atoms with Crippen LogP contribution in [-0.2, 0) is 6.54 Å². The van der Waals surface area contributed by atoms with E-state index in [2.05, 4.69) is 43.3 Å². The van der Waals surface area contributed by atoms with Crippen molar-refractivity contribution < 1.29 is 4.79 Å². The molecule has 9 heteroatoms. The van der Waals surface area contributed by atoms with Gasteiger partial charge in [0.05, 0.1) is 16.6 Å². The summed E-state index contributed by atoms with van der Waals surface area (Å²) in [5.41, 5.74) is 3.19. The standard InChI is InChI=1S/C23H22ClN5O2S/c1-25-23(31)17-4-5-19(21(24)26-17)29-9-7-28(8-10-29)13-14-2-3-15-18(12-14)27-22(30)16-6-11-32-20(15)16/h2-6,11-12H,7-10,13H2,1H3,(H,25,31)(H,27,30). The first-order valence-corrected chi connectivity index (χ1v) is 11.7. The van der Waals surface area contributed by atoms with Crippen LogP contribution < -0.4 is 15.8 Å². The van der Waals surface area contributed by atoms with Gasteiger partial charge in [0.1, 0.15) is 5.69 Å². The van der Waals surface area contributed by atoms with Gasteiger partial charge in [-0.1, -0.05) is 23.7 Å². The molecule has 3 aromatic heterocycles. The minimum Gasteiger partial charge on any atom is -0.366 e. The van der Waals surface area contributed by atoms with Crippen molar-refractivity contribution >= 4 is 55.5 Å². The number of anilines is 1. The van der Waals surface area contributed by atoms with Gasteiger partial charge in [0.25, 0.3) is 11.5 Å². The number of piperazine rings is 1. The number of halogens is 1. The van der Waals surface area contributed by atoms with Gasteiger partial charge in [0.15, 0.2) is 5.15 Å². The molecule has 1 aliphatic rings. The highest BCUT2D eigenvalue weighted by Gasteiger charge is 2.21. The molecule has 1 fully saturated rings. The van der Waals surface area contributed by atoms with Gasteiger partial charge < -0.3 is 15.2 Å². The van der Waals surface area contributed by atoms with Crippen molar-refractivity contribution in [2.45, 2.75) is 6.54 Å². The van der Waals surface area contributed by atoms with E-state index in [1.807, 2.05) is 17.5 Å². The van der Waals surface area contributed by atoms with E-state index in [1.165, 1.54) is 5.56 Å². The molecule has 2 N–H and O–H groups in total. The molecule has 0 bridgehead atoms. The van der Waals surface area contributed by atoms with E-state index in [-0.39, 0.29) is 11.5 Å². The van der Waals surface area contributed by atoms with Crippen LogP contribution in [0.1, 0.15) is 16.1 Å². The molecule has 164 valence electrons. The smallest absolute Gasteiger partial charge is 0.269 e. The molecule has 0 saturated carbocycles. The summed E-state index contributed by atoms with van der Waals surface area (Å²) in [6.45, 7) is 4.22. The summed E-state index contributed by atoms with van der Waals surface area (Å²) in [5.74, 6) is -0.250. The van der Waals surface area contributed by atoms with Crippen LogP contribution in [0.3, 0.4) is 0 Å². The number of aromatic nitrogens is 2. The van der Waals surface area contributed by atoms with Crippen LogP contribution in [-0.4, -0.2) is 54.0 Å². The number of fused-ring (bicyclic) bond motifs is 3. The third kappa shape index (κ3) is 3.85. The molecule has 1 aromatic carbocycles. The molecule has 1 saturated heterocycles. The van der Waals surface area contributed by atoms with Gasteiger partial charge in [-0.15, -0.1) is 11.3 Å². The highest BCUT2D eigenvalue weighted by Crippen LogP contribution is 2.28. The quantitative estimate of drug-likeness (QED) is 0.449. The summed E-state index contributed by atoms with van der Waals surface area (Å²) in [6.07, 6.45) is 0. The lowest BCUT2D eigenvalue weighted by Crippen LogP contribution is -2.46. The number of amides is 1. The molecular weight excluding hydrogens is 446 g/mol.